The zero-order valence-electron chi connectivity index (χ0n) is 10.9. The van der Waals surface area contributed by atoms with Crippen molar-refractivity contribution < 1.29 is 17.9 Å². The summed E-state index contributed by atoms with van der Waals surface area (Å²) in [4.78, 5) is 0. The van der Waals surface area contributed by atoms with Gasteiger partial charge in [0.15, 0.2) is 0 Å². The minimum Gasteiger partial charge on any atom is -0.406 e. The molecule has 0 heterocycles. The number of nitrogens with two attached hydrogens (primary N) is 1. The molecule has 22 heavy (non-hydrogen) atoms. The van der Waals surface area contributed by atoms with Crippen molar-refractivity contribution in [3.8, 4) is 5.75 Å². The number of benzene rings is 2. The van der Waals surface area contributed by atoms with Crippen molar-refractivity contribution in [3.05, 3.63) is 63.1 Å². The van der Waals surface area contributed by atoms with E-state index in [0.29, 0.717) is 16.1 Å². The van der Waals surface area contributed by atoms with Gasteiger partial charge in [0.05, 0.1) is 6.04 Å². The number of rotatable bonds is 3. The molecule has 2 N–H and O–H groups in total. The highest BCUT2D eigenvalue weighted by atomic mass is 79.9. The summed E-state index contributed by atoms with van der Waals surface area (Å²) in [6, 6.07) is 10.1. The van der Waals surface area contributed by atoms with Gasteiger partial charge in [-0.15, -0.1) is 25.6 Å². The average Bonchev–Trinajstić information content (AvgIpc) is 2.40. The monoisotopic (exact) mass is 415 g/mol. The van der Waals surface area contributed by atoms with E-state index in [1.807, 2.05) is 0 Å². The summed E-state index contributed by atoms with van der Waals surface area (Å²) in [5.74, 6) is -0.293. The van der Waals surface area contributed by atoms with Gasteiger partial charge in [-0.25, -0.2) is 0 Å². The van der Waals surface area contributed by atoms with Crippen molar-refractivity contribution in [2.45, 2.75) is 12.4 Å². The lowest BCUT2D eigenvalue weighted by Crippen LogP contribution is -2.17. The van der Waals surface area contributed by atoms with E-state index in [1.165, 1.54) is 24.3 Å². The first-order valence-corrected chi connectivity index (χ1v) is 6.99. The maximum Gasteiger partial charge on any atom is 0.573 e. The summed E-state index contributed by atoms with van der Waals surface area (Å²) in [6.07, 6.45) is -4.71. The van der Waals surface area contributed by atoms with Gasteiger partial charge >= 0.3 is 6.36 Å². The average molecular weight is 417 g/mol. The molecular weight excluding hydrogens is 406 g/mol. The first kappa shape index (κ1) is 19.1. The van der Waals surface area contributed by atoms with Crippen LogP contribution in [0.5, 0.6) is 5.75 Å². The summed E-state index contributed by atoms with van der Waals surface area (Å²) >= 11 is 9.41. The quantitative estimate of drug-likeness (QED) is 0.719. The van der Waals surface area contributed by atoms with Crippen molar-refractivity contribution in [2.75, 3.05) is 0 Å². The highest BCUT2D eigenvalue weighted by molar-refractivity contribution is 9.10. The molecule has 0 saturated heterocycles. The van der Waals surface area contributed by atoms with E-state index in [1.54, 1.807) is 18.2 Å². The zero-order chi connectivity index (χ0) is 15.6. The van der Waals surface area contributed by atoms with Crippen LogP contribution >= 0.6 is 39.9 Å². The standard InChI is InChI=1S/C14H10BrClF3NO.ClH/c15-9-3-6-12(16)11(7-9)13(20)8-1-4-10(5-2-8)21-14(17,18)19;/h1-7,13H,20H2;1H/t13-;/m1./s1. The van der Waals surface area contributed by atoms with Gasteiger partial charge in [-0.2, -0.15) is 0 Å². The molecule has 0 aliphatic carbocycles. The molecule has 2 aromatic carbocycles. The van der Waals surface area contributed by atoms with Crippen molar-refractivity contribution in [3.63, 3.8) is 0 Å². The molecule has 0 aliphatic heterocycles. The number of alkyl halides is 3. The molecule has 0 bridgehead atoms. The Labute approximate surface area is 144 Å². The summed E-state index contributed by atoms with van der Waals surface area (Å²) in [7, 11) is 0. The third kappa shape index (κ3) is 5.05. The molecule has 0 spiro atoms. The van der Waals surface area contributed by atoms with Crippen LogP contribution in [0.4, 0.5) is 13.2 Å². The molecule has 2 aromatic rings. The van der Waals surface area contributed by atoms with Crippen molar-refractivity contribution >= 4 is 39.9 Å². The Morgan fingerprint density at radius 2 is 1.68 bits per heavy atom. The number of hydrogen-bond donors (Lipinski definition) is 1. The van der Waals surface area contributed by atoms with Crippen molar-refractivity contribution in [1.82, 2.24) is 0 Å². The minimum atomic E-state index is -4.71. The second kappa shape index (κ2) is 7.55. The van der Waals surface area contributed by atoms with Crippen LogP contribution in [-0.4, -0.2) is 6.36 Å². The molecule has 0 fully saturated rings. The topological polar surface area (TPSA) is 35.2 Å². The van der Waals surface area contributed by atoms with Crippen molar-refractivity contribution in [1.29, 1.82) is 0 Å². The van der Waals surface area contributed by atoms with Gasteiger partial charge in [0, 0.05) is 9.50 Å². The van der Waals surface area contributed by atoms with E-state index in [0.717, 1.165) is 4.47 Å². The van der Waals surface area contributed by atoms with Crippen LogP contribution in [-0.2, 0) is 0 Å². The molecule has 0 aliphatic rings. The van der Waals surface area contributed by atoms with Gasteiger partial charge in [-0.05, 0) is 41.5 Å². The van der Waals surface area contributed by atoms with E-state index >= 15 is 0 Å². The third-order valence-corrected chi connectivity index (χ3v) is 3.60. The summed E-state index contributed by atoms with van der Waals surface area (Å²) in [5.41, 5.74) is 7.40. The Kier molecular flexibility index (Phi) is 6.55. The molecule has 2 rings (SSSR count). The van der Waals surface area contributed by atoms with Gasteiger partial charge in [0.2, 0.25) is 0 Å². The van der Waals surface area contributed by atoms with Crippen molar-refractivity contribution in [2.24, 2.45) is 5.73 Å². The molecule has 0 radical (unpaired) electrons. The van der Waals surface area contributed by atoms with Gasteiger partial charge in [0.25, 0.3) is 0 Å². The number of halogens is 6. The molecule has 120 valence electrons. The fourth-order valence-electron chi connectivity index (χ4n) is 1.81. The SMILES string of the molecule is Cl.N[C@H](c1ccc(OC(F)(F)F)cc1)c1cc(Br)ccc1Cl. The summed E-state index contributed by atoms with van der Waals surface area (Å²) < 4.78 is 40.9. The highest BCUT2D eigenvalue weighted by Crippen LogP contribution is 2.30. The van der Waals surface area contributed by atoms with E-state index in [-0.39, 0.29) is 18.2 Å². The predicted octanol–water partition coefficient (Wildman–Crippen LogP) is 5.47. The molecule has 0 saturated carbocycles. The second-order valence-corrected chi connectivity index (χ2v) is 5.58. The lowest BCUT2D eigenvalue weighted by Gasteiger charge is -2.15. The number of hydrogen-bond acceptors (Lipinski definition) is 2. The molecule has 8 heteroatoms. The Morgan fingerprint density at radius 1 is 1.09 bits per heavy atom. The Balaban J connectivity index is 0.00000242. The molecule has 0 unspecified atom stereocenters. The molecule has 0 aromatic heterocycles. The Hall–Kier alpha value is -0.950. The van der Waals surface area contributed by atoms with Crippen LogP contribution in [0.15, 0.2) is 46.9 Å². The third-order valence-electron chi connectivity index (χ3n) is 2.77. The lowest BCUT2D eigenvalue weighted by molar-refractivity contribution is -0.274. The van der Waals surface area contributed by atoms with E-state index in [2.05, 4.69) is 20.7 Å². The molecular formula is C14H11BrCl2F3NO. The first-order valence-electron chi connectivity index (χ1n) is 5.82. The van der Waals surface area contributed by atoms with Crippen LogP contribution < -0.4 is 10.5 Å². The normalized spacial score (nSPS) is 12.5. The zero-order valence-corrected chi connectivity index (χ0v) is 14.1. The summed E-state index contributed by atoms with van der Waals surface area (Å²) in [5, 5.41) is 0.487. The van der Waals surface area contributed by atoms with Crippen LogP contribution in [0.1, 0.15) is 17.2 Å². The maximum atomic E-state index is 12.1. The van der Waals surface area contributed by atoms with Crippen LogP contribution in [0.25, 0.3) is 0 Å². The smallest absolute Gasteiger partial charge is 0.406 e. The van der Waals surface area contributed by atoms with Gasteiger partial charge in [-0.1, -0.05) is 39.7 Å². The van der Waals surface area contributed by atoms with E-state index in [9.17, 15) is 13.2 Å². The van der Waals surface area contributed by atoms with Gasteiger partial charge in [0.1, 0.15) is 5.75 Å². The van der Waals surface area contributed by atoms with Crippen LogP contribution in [0, 0.1) is 0 Å². The minimum absolute atomic E-state index is 0. The van der Waals surface area contributed by atoms with Crippen LogP contribution in [0.3, 0.4) is 0 Å². The maximum absolute atomic E-state index is 12.1. The molecule has 1 atom stereocenters. The van der Waals surface area contributed by atoms with E-state index < -0.39 is 12.4 Å². The second-order valence-electron chi connectivity index (χ2n) is 4.26. The lowest BCUT2D eigenvalue weighted by atomic mass is 9.99. The van der Waals surface area contributed by atoms with Crippen LogP contribution in [0.2, 0.25) is 5.02 Å². The predicted molar refractivity (Wildman–Crippen MR) is 85.6 cm³/mol. The Bertz CT molecular complexity index is 635. The van der Waals surface area contributed by atoms with E-state index in [4.69, 9.17) is 17.3 Å². The highest BCUT2D eigenvalue weighted by Gasteiger charge is 2.31. The number of ether oxygens (including phenoxy) is 1. The molecule has 2 nitrogen and oxygen atoms in total. The molecule has 0 amide bonds. The first-order chi connectivity index (χ1) is 9.76. The summed E-state index contributed by atoms with van der Waals surface area (Å²) in [6.45, 7) is 0. The van der Waals surface area contributed by atoms with Gasteiger partial charge < -0.3 is 10.5 Å². The fourth-order valence-corrected chi connectivity index (χ4v) is 2.42. The van der Waals surface area contributed by atoms with Gasteiger partial charge in [-0.3, -0.25) is 0 Å². The largest absolute Gasteiger partial charge is 0.573 e. The fraction of sp³-hybridized carbons (Fsp3) is 0.143. The Morgan fingerprint density at radius 3 is 2.23 bits per heavy atom.